The number of halogens is 2. The van der Waals surface area contributed by atoms with E-state index in [1.54, 1.807) is 19.1 Å². The standard InChI is InChI=1S/C12H16ClFN2O2/c1-8(7-17)15-6-11(18)16-5-9-3-2-4-10(13)12(9)14/h2-4,8,15,17H,5-7H2,1H3,(H,16,18)/t8-/m1/s1. The van der Waals surface area contributed by atoms with E-state index in [0.717, 1.165) is 0 Å². The molecular formula is C12H16ClFN2O2. The van der Waals surface area contributed by atoms with Crippen molar-refractivity contribution in [3.05, 3.63) is 34.6 Å². The Kier molecular flexibility index (Phi) is 6.04. The molecule has 0 fully saturated rings. The molecule has 0 aliphatic rings. The van der Waals surface area contributed by atoms with Crippen LogP contribution in [-0.4, -0.2) is 30.2 Å². The van der Waals surface area contributed by atoms with Gasteiger partial charge in [-0.2, -0.15) is 0 Å². The van der Waals surface area contributed by atoms with Crippen molar-refractivity contribution in [3.8, 4) is 0 Å². The van der Waals surface area contributed by atoms with Crippen LogP contribution >= 0.6 is 11.6 Å². The normalized spacial score (nSPS) is 12.2. The molecule has 1 aromatic carbocycles. The van der Waals surface area contributed by atoms with Crippen LogP contribution in [0.3, 0.4) is 0 Å². The predicted octanol–water partition coefficient (Wildman–Crippen LogP) is 1.07. The molecule has 0 heterocycles. The highest BCUT2D eigenvalue weighted by molar-refractivity contribution is 6.30. The lowest BCUT2D eigenvalue weighted by Crippen LogP contribution is -2.39. The van der Waals surface area contributed by atoms with Crippen LogP contribution in [0.4, 0.5) is 4.39 Å². The van der Waals surface area contributed by atoms with Gasteiger partial charge in [-0.1, -0.05) is 23.7 Å². The summed E-state index contributed by atoms with van der Waals surface area (Å²) in [6.07, 6.45) is 0. The molecule has 1 atom stereocenters. The summed E-state index contributed by atoms with van der Waals surface area (Å²) in [5, 5.41) is 14.2. The third kappa shape index (κ3) is 4.60. The molecule has 0 saturated heterocycles. The van der Waals surface area contributed by atoms with E-state index in [1.165, 1.54) is 6.07 Å². The van der Waals surface area contributed by atoms with E-state index in [-0.39, 0.29) is 36.7 Å². The first-order valence-electron chi connectivity index (χ1n) is 5.58. The molecule has 0 aromatic heterocycles. The summed E-state index contributed by atoms with van der Waals surface area (Å²) in [6, 6.07) is 4.48. The SMILES string of the molecule is C[C@H](CO)NCC(=O)NCc1cccc(Cl)c1F. The van der Waals surface area contributed by atoms with Crippen molar-refractivity contribution in [1.82, 2.24) is 10.6 Å². The Morgan fingerprint density at radius 2 is 2.28 bits per heavy atom. The van der Waals surface area contributed by atoms with Crippen molar-refractivity contribution in [3.63, 3.8) is 0 Å². The minimum Gasteiger partial charge on any atom is -0.395 e. The lowest BCUT2D eigenvalue weighted by Gasteiger charge is -2.11. The fourth-order valence-corrected chi connectivity index (χ4v) is 1.47. The van der Waals surface area contributed by atoms with Crippen molar-refractivity contribution >= 4 is 17.5 Å². The van der Waals surface area contributed by atoms with Crippen LogP contribution in [0.25, 0.3) is 0 Å². The fourth-order valence-electron chi connectivity index (χ4n) is 1.27. The van der Waals surface area contributed by atoms with Crippen molar-refractivity contribution < 1.29 is 14.3 Å². The zero-order chi connectivity index (χ0) is 13.5. The van der Waals surface area contributed by atoms with Gasteiger partial charge >= 0.3 is 0 Å². The number of hydrogen-bond acceptors (Lipinski definition) is 3. The first kappa shape index (κ1) is 14.9. The van der Waals surface area contributed by atoms with Gasteiger partial charge in [0.25, 0.3) is 0 Å². The number of carbonyl (C=O) groups excluding carboxylic acids is 1. The smallest absolute Gasteiger partial charge is 0.234 e. The van der Waals surface area contributed by atoms with Gasteiger partial charge < -0.3 is 15.7 Å². The summed E-state index contributed by atoms with van der Waals surface area (Å²) in [4.78, 5) is 11.4. The molecule has 18 heavy (non-hydrogen) atoms. The Morgan fingerprint density at radius 3 is 2.94 bits per heavy atom. The third-order valence-electron chi connectivity index (χ3n) is 2.39. The van der Waals surface area contributed by atoms with E-state index in [0.29, 0.717) is 5.56 Å². The Morgan fingerprint density at radius 1 is 1.56 bits per heavy atom. The molecule has 100 valence electrons. The first-order chi connectivity index (χ1) is 8.54. The molecule has 1 amide bonds. The number of rotatable bonds is 6. The van der Waals surface area contributed by atoms with Crippen LogP contribution in [0.15, 0.2) is 18.2 Å². The molecule has 1 rings (SSSR count). The molecule has 0 aliphatic heterocycles. The average Bonchev–Trinajstić information content (AvgIpc) is 2.37. The van der Waals surface area contributed by atoms with Gasteiger partial charge in [-0.15, -0.1) is 0 Å². The largest absolute Gasteiger partial charge is 0.395 e. The van der Waals surface area contributed by atoms with Crippen molar-refractivity contribution in [2.24, 2.45) is 0 Å². The lowest BCUT2D eigenvalue weighted by atomic mass is 10.2. The van der Waals surface area contributed by atoms with E-state index in [4.69, 9.17) is 16.7 Å². The van der Waals surface area contributed by atoms with Gasteiger partial charge in [0.2, 0.25) is 5.91 Å². The van der Waals surface area contributed by atoms with Crippen LogP contribution in [0.2, 0.25) is 5.02 Å². The van der Waals surface area contributed by atoms with Gasteiger partial charge in [0.05, 0.1) is 18.2 Å². The van der Waals surface area contributed by atoms with Crippen LogP contribution in [0.1, 0.15) is 12.5 Å². The van der Waals surface area contributed by atoms with Crippen LogP contribution < -0.4 is 10.6 Å². The Labute approximate surface area is 110 Å². The van der Waals surface area contributed by atoms with Gasteiger partial charge in [0, 0.05) is 18.2 Å². The van der Waals surface area contributed by atoms with Crippen molar-refractivity contribution in [2.75, 3.05) is 13.2 Å². The number of amides is 1. The topological polar surface area (TPSA) is 61.4 Å². The number of nitrogens with one attached hydrogen (secondary N) is 2. The maximum atomic E-state index is 13.5. The van der Waals surface area contributed by atoms with E-state index < -0.39 is 5.82 Å². The maximum Gasteiger partial charge on any atom is 0.234 e. The predicted molar refractivity (Wildman–Crippen MR) is 67.8 cm³/mol. The second-order valence-electron chi connectivity index (χ2n) is 3.95. The summed E-state index contributed by atoms with van der Waals surface area (Å²) in [6.45, 7) is 1.87. The summed E-state index contributed by atoms with van der Waals surface area (Å²) in [7, 11) is 0. The number of carbonyl (C=O) groups is 1. The molecule has 0 bridgehead atoms. The quantitative estimate of drug-likeness (QED) is 0.727. The molecule has 4 nitrogen and oxygen atoms in total. The minimum atomic E-state index is -0.517. The fraction of sp³-hybridized carbons (Fsp3) is 0.417. The van der Waals surface area contributed by atoms with E-state index in [1.807, 2.05) is 0 Å². The Balaban J connectivity index is 2.41. The zero-order valence-electron chi connectivity index (χ0n) is 10.0. The zero-order valence-corrected chi connectivity index (χ0v) is 10.8. The molecular weight excluding hydrogens is 259 g/mol. The van der Waals surface area contributed by atoms with E-state index >= 15 is 0 Å². The molecule has 0 unspecified atom stereocenters. The van der Waals surface area contributed by atoms with E-state index in [2.05, 4.69) is 10.6 Å². The van der Waals surface area contributed by atoms with Crippen LogP contribution in [0, 0.1) is 5.82 Å². The molecule has 0 saturated carbocycles. The Bertz CT molecular complexity index is 415. The molecule has 1 aromatic rings. The number of aliphatic hydroxyl groups excluding tert-OH is 1. The molecule has 0 spiro atoms. The van der Waals surface area contributed by atoms with Crippen molar-refractivity contribution in [2.45, 2.75) is 19.5 Å². The van der Waals surface area contributed by atoms with Crippen LogP contribution in [0.5, 0.6) is 0 Å². The lowest BCUT2D eigenvalue weighted by molar-refractivity contribution is -0.120. The van der Waals surface area contributed by atoms with Gasteiger partial charge in [0.15, 0.2) is 0 Å². The minimum absolute atomic E-state index is 0.0359. The van der Waals surface area contributed by atoms with Crippen molar-refractivity contribution in [1.29, 1.82) is 0 Å². The van der Waals surface area contributed by atoms with Gasteiger partial charge in [-0.05, 0) is 13.0 Å². The highest BCUT2D eigenvalue weighted by Gasteiger charge is 2.08. The molecule has 3 N–H and O–H groups in total. The van der Waals surface area contributed by atoms with Gasteiger partial charge in [0.1, 0.15) is 5.82 Å². The molecule has 0 radical (unpaired) electrons. The maximum absolute atomic E-state index is 13.5. The highest BCUT2D eigenvalue weighted by Crippen LogP contribution is 2.17. The number of benzene rings is 1. The summed E-state index contributed by atoms with van der Waals surface area (Å²) in [5.41, 5.74) is 0.339. The first-order valence-corrected chi connectivity index (χ1v) is 5.96. The summed E-state index contributed by atoms with van der Waals surface area (Å²) < 4.78 is 13.5. The van der Waals surface area contributed by atoms with Crippen LogP contribution in [-0.2, 0) is 11.3 Å². The second-order valence-corrected chi connectivity index (χ2v) is 4.36. The van der Waals surface area contributed by atoms with Gasteiger partial charge in [-0.25, -0.2) is 4.39 Å². The molecule has 0 aliphatic carbocycles. The van der Waals surface area contributed by atoms with Gasteiger partial charge in [-0.3, -0.25) is 4.79 Å². The summed E-state index contributed by atoms with van der Waals surface area (Å²) in [5.74, 6) is -0.786. The Hall–Kier alpha value is -1.17. The monoisotopic (exact) mass is 274 g/mol. The molecule has 6 heteroatoms. The highest BCUT2D eigenvalue weighted by atomic mass is 35.5. The second kappa shape index (κ2) is 7.31. The average molecular weight is 275 g/mol. The summed E-state index contributed by atoms with van der Waals surface area (Å²) >= 11 is 5.62. The third-order valence-corrected chi connectivity index (χ3v) is 2.68. The number of hydrogen-bond donors (Lipinski definition) is 3. The number of aliphatic hydroxyl groups is 1. The van der Waals surface area contributed by atoms with E-state index in [9.17, 15) is 9.18 Å².